The number of esters is 1. The van der Waals surface area contributed by atoms with E-state index in [1.165, 1.54) is 7.11 Å². The number of aromatic nitrogens is 1. The van der Waals surface area contributed by atoms with Crippen LogP contribution in [0.5, 0.6) is 5.75 Å². The molecule has 4 saturated heterocycles. The zero-order valence-electron chi connectivity index (χ0n) is 35.0. The number of nitrogens with zero attached hydrogens (tertiary/aromatic N) is 3. The number of thioether (sulfide) groups is 1. The van der Waals surface area contributed by atoms with E-state index < -0.39 is 58.0 Å². The molecule has 1 saturated carbocycles. The number of pyridine rings is 1. The number of nitrogens with one attached hydrogen (secondary N) is 2. The molecule has 322 valence electrons. The molecule has 1 aliphatic carbocycles. The molecule has 0 bridgehead atoms. The lowest BCUT2D eigenvalue weighted by Crippen LogP contribution is -2.69. The molecular weight excluding hydrogens is 789 g/mol. The number of rotatable bonds is 12. The number of piperidine rings is 1. The number of aryl methyl sites for hydroxylation is 1. The molecule has 13 nitrogen and oxygen atoms in total. The summed E-state index contributed by atoms with van der Waals surface area (Å²) in [7, 11) is 3.40. The molecule has 1 aromatic carbocycles. The van der Waals surface area contributed by atoms with Crippen LogP contribution in [0.3, 0.4) is 0 Å². The lowest BCUT2D eigenvalue weighted by atomic mass is 9.89. The Bertz CT molecular complexity index is 1950. The van der Waals surface area contributed by atoms with Gasteiger partial charge in [-0.3, -0.25) is 14.5 Å². The van der Waals surface area contributed by atoms with Crippen molar-refractivity contribution in [1.82, 2.24) is 20.1 Å². The van der Waals surface area contributed by atoms with E-state index in [1.807, 2.05) is 21.4 Å². The molecule has 0 spiro atoms. The molecule has 58 heavy (non-hydrogen) atoms. The molecule has 5 heterocycles. The number of carbonyl (C=O) groups is 2. The normalized spacial score (nSPS) is 32.6. The van der Waals surface area contributed by atoms with Crippen molar-refractivity contribution in [3.8, 4) is 5.75 Å². The van der Waals surface area contributed by atoms with E-state index in [0.717, 1.165) is 63.4 Å². The van der Waals surface area contributed by atoms with Gasteiger partial charge in [0, 0.05) is 43.0 Å². The van der Waals surface area contributed by atoms with Crippen LogP contribution in [0.25, 0.3) is 10.9 Å². The van der Waals surface area contributed by atoms with Crippen LogP contribution in [0.4, 0.5) is 10.1 Å². The highest BCUT2D eigenvalue weighted by Gasteiger charge is 2.56. The second kappa shape index (κ2) is 17.0. The van der Waals surface area contributed by atoms with Crippen molar-refractivity contribution in [3.05, 3.63) is 32.9 Å². The highest BCUT2D eigenvalue weighted by atomic mass is 35.5. The monoisotopic (exact) mass is 849 g/mol. The number of anilines is 1. The third-order valence-corrected chi connectivity index (χ3v) is 15.0. The summed E-state index contributed by atoms with van der Waals surface area (Å²) >= 11 is 7.82. The lowest BCUT2D eigenvalue weighted by molar-refractivity contribution is -0.236. The molecule has 5 unspecified atom stereocenters. The van der Waals surface area contributed by atoms with Crippen LogP contribution in [0.15, 0.2) is 4.79 Å². The summed E-state index contributed by atoms with van der Waals surface area (Å²) in [6, 6.07) is -1.11. The summed E-state index contributed by atoms with van der Waals surface area (Å²) in [4.78, 5) is 45.3. The van der Waals surface area contributed by atoms with E-state index in [9.17, 15) is 24.6 Å². The first-order valence-electron chi connectivity index (χ1n) is 20.9. The third kappa shape index (κ3) is 7.64. The van der Waals surface area contributed by atoms with E-state index in [0.29, 0.717) is 48.2 Å². The van der Waals surface area contributed by atoms with E-state index in [1.54, 1.807) is 34.0 Å². The largest absolute Gasteiger partial charge is 0.492 e. The first-order valence-corrected chi connectivity index (χ1v) is 22.6. The van der Waals surface area contributed by atoms with Crippen LogP contribution < -0.4 is 25.7 Å². The Balaban J connectivity index is 1.20. The van der Waals surface area contributed by atoms with Gasteiger partial charge in [0.1, 0.15) is 29.6 Å². The van der Waals surface area contributed by atoms with Crippen molar-refractivity contribution in [2.24, 2.45) is 11.8 Å². The number of benzene rings is 1. The Kier molecular flexibility index (Phi) is 12.7. The predicted molar refractivity (Wildman–Crippen MR) is 224 cm³/mol. The van der Waals surface area contributed by atoms with Gasteiger partial charge in [0.2, 0.25) is 11.3 Å². The molecule has 7 rings (SSSR count). The Labute approximate surface area is 349 Å². The second-order valence-electron chi connectivity index (χ2n) is 17.5. The van der Waals surface area contributed by atoms with Gasteiger partial charge in [0.25, 0.3) is 0 Å². The Morgan fingerprint density at radius 3 is 2.52 bits per heavy atom. The van der Waals surface area contributed by atoms with Gasteiger partial charge >= 0.3 is 5.97 Å². The van der Waals surface area contributed by atoms with E-state index >= 15 is 4.39 Å². The number of ether oxygens (including phenoxy) is 3. The zero-order valence-corrected chi connectivity index (χ0v) is 36.6. The van der Waals surface area contributed by atoms with Crippen LogP contribution in [-0.2, 0) is 14.3 Å². The summed E-state index contributed by atoms with van der Waals surface area (Å²) in [5.74, 6) is -0.811. The van der Waals surface area contributed by atoms with Gasteiger partial charge in [-0.25, -0.2) is 9.18 Å². The number of amides is 1. The zero-order chi connectivity index (χ0) is 42.0. The summed E-state index contributed by atoms with van der Waals surface area (Å²) in [5.41, 5.74) is 0.224. The minimum atomic E-state index is -1.69. The Morgan fingerprint density at radius 1 is 1.17 bits per heavy atom. The van der Waals surface area contributed by atoms with Crippen molar-refractivity contribution in [1.29, 1.82) is 0 Å². The molecule has 1 amide bonds. The summed E-state index contributed by atoms with van der Waals surface area (Å²) in [5, 5.41) is 29.3. The van der Waals surface area contributed by atoms with E-state index in [-0.39, 0.29) is 46.3 Å². The quantitative estimate of drug-likeness (QED) is 0.179. The van der Waals surface area contributed by atoms with Gasteiger partial charge < -0.3 is 44.5 Å². The van der Waals surface area contributed by atoms with E-state index in [2.05, 4.69) is 17.6 Å². The first-order chi connectivity index (χ1) is 27.6. The van der Waals surface area contributed by atoms with Crippen LogP contribution >= 0.6 is 23.4 Å². The SMILES string of the molecule is CCCC1CC(C(=O)N[C@H](C(C)Cl)[C@H]2O[C@](C)(SC)[C@H](OC(=O)c3c(C)n(C4CC4)c4c(OC)c(N5CC6CCCNC6C5)c(F)c(C)c4c3=O)[C@@H](O)[C@H]2O)N(C)C1. The number of likely N-dealkylation sites (tertiary alicyclic amines) is 1. The molecule has 16 heteroatoms. The number of methoxy groups -OCH3 is 1. The molecule has 4 N–H and O–H groups in total. The number of halogens is 2. The van der Waals surface area contributed by atoms with Crippen LogP contribution in [0.2, 0.25) is 0 Å². The van der Waals surface area contributed by atoms with Crippen LogP contribution in [0.1, 0.15) is 93.4 Å². The predicted octanol–water partition coefficient (Wildman–Crippen LogP) is 4.25. The molecule has 11 atom stereocenters. The Hall–Kier alpha value is -2.66. The maximum Gasteiger partial charge on any atom is 0.344 e. The van der Waals surface area contributed by atoms with Gasteiger partial charge in [0.15, 0.2) is 22.6 Å². The highest BCUT2D eigenvalue weighted by Crippen LogP contribution is 2.48. The molecule has 5 fully saturated rings. The molecule has 2 aromatic rings. The highest BCUT2D eigenvalue weighted by molar-refractivity contribution is 7.99. The van der Waals surface area contributed by atoms with Gasteiger partial charge in [-0.1, -0.05) is 13.3 Å². The minimum absolute atomic E-state index is 0.0362. The number of hydrogen-bond acceptors (Lipinski definition) is 12. The minimum Gasteiger partial charge on any atom is -0.492 e. The molecular formula is C42H61ClFN5O8S. The first kappa shape index (κ1) is 43.4. The van der Waals surface area contributed by atoms with Gasteiger partial charge in [-0.15, -0.1) is 23.4 Å². The van der Waals surface area contributed by atoms with Crippen molar-refractivity contribution in [2.75, 3.05) is 51.5 Å². The number of alkyl halides is 1. The second-order valence-corrected chi connectivity index (χ2v) is 19.4. The van der Waals surface area contributed by atoms with Crippen molar-refractivity contribution < 1.29 is 38.4 Å². The summed E-state index contributed by atoms with van der Waals surface area (Å²) in [6.45, 7) is 11.7. The molecule has 1 aromatic heterocycles. The van der Waals surface area contributed by atoms with E-state index in [4.69, 9.17) is 25.8 Å². The fourth-order valence-electron chi connectivity index (χ4n) is 10.2. The number of hydrogen-bond donors (Lipinski definition) is 4. The molecule has 0 radical (unpaired) electrons. The average Bonchev–Trinajstić information content (AvgIpc) is 3.82. The maximum atomic E-state index is 16.8. The maximum absolute atomic E-state index is 16.8. The van der Waals surface area contributed by atoms with Gasteiger partial charge in [-0.2, -0.15) is 0 Å². The van der Waals surface area contributed by atoms with Gasteiger partial charge in [-0.05, 0) is 97.9 Å². The average molecular weight is 850 g/mol. The fourth-order valence-corrected chi connectivity index (χ4v) is 11.1. The Morgan fingerprint density at radius 2 is 1.90 bits per heavy atom. The number of fused-ring (bicyclic) bond motifs is 2. The number of aliphatic hydroxyl groups excluding tert-OH is 2. The molecule has 4 aliphatic heterocycles. The van der Waals surface area contributed by atoms with Crippen molar-refractivity contribution in [2.45, 2.75) is 138 Å². The number of aliphatic hydroxyl groups is 2. The summed E-state index contributed by atoms with van der Waals surface area (Å²) < 4.78 is 37.2. The van der Waals surface area contributed by atoms with Gasteiger partial charge in [0.05, 0.1) is 35.5 Å². The smallest absolute Gasteiger partial charge is 0.344 e. The molecule has 5 aliphatic rings. The lowest BCUT2D eigenvalue weighted by Gasteiger charge is -2.50. The summed E-state index contributed by atoms with van der Waals surface area (Å²) in [6.07, 6.45) is 2.20. The number of likely N-dealkylation sites (N-methyl/N-ethyl adjacent to an activating group) is 1. The number of carbonyl (C=O) groups excluding carboxylic acids is 2. The van der Waals surface area contributed by atoms with Crippen molar-refractivity contribution in [3.63, 3.8) is 0 Å². The fraction of sp³-hybridized carbons (Fsp3) is 0.738. The standard InChI is InChI=1S/C42H61ClFN5O8S/c1-9-11-23-16-27(47(6)17-23)40(53)46-31(21(3)43)37-35(51)36(52)39(42(5,57-37)58-8)56-41(54)29-22(4)49(25-13-14-25)32-28(34(29)50)20(2)30(44)33(38(32)55-7)48-18-24-12-10-15-45-26(24)19-48/h21,23-27,31,35-37,39,45,51-52H,9-19H2,1-8H3,(H,46,53)/t21?,23?,24?,26?,27?,31-,35-,36+,37-,39-,42-/m1/s1. The van der Waals surface area contributed by atoms with Crippen LogP contribution in [0, 0.1) is 31.5 Å². The third-order valence-electron chi connectivity index (χ3n) is 13.5. The van der Waals surface area contributed by atoms with Crippen molar-refractivity contribution >= 4 is 51.8 Å². The topological polar surface area (TPSA) is 155 Å². The van der Waals surface area contributed by atoms with Crippen LogP contribution in [-0.4, -0.2) is 131 Å².